The number of ether oxygens (including phenoxy) is 1. The van der Waals surface area contributed by atoms with Crippen molar-refractivity contribution in [1.82, 2.24) is 20.4 Å². The van der Waals surface area contributed by atoms with Gasteiger partial charge in [0.25, 0.3) is 5.89 Å². The molecule has 0 saturated carbocycles. The number of allylic oxidation sites excluding steroid dienone is 1. The highest BCUT2D eigenvalue weighted by Gasteiger charge is 2.34. The summed E-state index contributed by atoms with van der Waals surface area (Å²) in [6, 6.07) is 12.0. The molecule has 1 aliphatic rings. The van der Waals surface area contributed by atoms with Gasteiger partial charge in [-0.3, -0.25) is 0 Å². The Kier molecular flexibility index (Phi) is 6.16. The standard InChI is InChI=1S/C23H21ClN4O3S/c1-4-10-28-13(2)19(22-26-21(27-31-22)15-6-5-7-16(24)11-15)20(25-23(28)32)14-8-9-18(30-3)17(29)12-14/h4-9,11-12,20,29H,1,10H2,2-3H3,(H,25,32). The number of aromatic hydroxyl groups is 1. The van der Waals surface area contributed by atoms with Crippen molar-refractivity contribution in [2.45, 2.75) is 13.0 Å². The second-order valence-electron chi connectivity index (χ2n) is 7.15. The first-order valence-corrected chi connectivity index (χ1v) is 10.6. The van der Waals surface area contributed by atoms with Gasteiger partial charge in [-0.15, -0.1) is 6.58 Å². The van der Waals surface area contributed by atoms with Crippen LogP contribution in [0.3, 0.4) is 0 Å². The molecule has 0 saturated heterocycles. The van der Waals surface area contributed by atoms with Gasteiger partial charge in [-0.2, -0.15) is 4.98 Å². The van der Waals surface area contributed by atoms with E-state index in [-0.39, 0.29) is 5.75 Å². The molecule has 7 nitrogen and oxygen atoms in total. The van der Waals surface area contributed by atoms with Gasteiger partial charge < -0.3 is 24.6 Å². The number of nitrogens with zero attached hydrogens (tertiary/aromatic N) is 3. The number of thiocarbonyl (C=S) groups is 1. The zero-order valence-electron chi connectivity index (χ0n) is 17.5. The summed E-state index contributed by atoms with van der Waals surface area (Å²) in [5.74, 6) is 1.15. The average Bonchev–Trinajstić information content (AvgIpc) is 3.26. The molecule has 4 rings (SSSR count). The van der Waals surface area contributed by atoms with Crippen LogP contribution in [0.5, 0.6) is 11.5 Å². The number of nitrogens with one attached hydrogen (secondary N) is 1. The summed E-state index contributed by atoms with van der Waals surface area (Å²) in [7, 11) is 1.50. The molecular formula is C23H21ClN4O3S. The fraction of sp³-hybridized carbons (Fsp3) is 0.174. The Morgan fingerprint density at radius 3 is 2.84 bits per heavy atom. The fourth-order valence-electron chi connectivity index (χ4n) is 3.62. The first-order chi connectivity index (χ1) is 15.4. The monoisotopic (exact) mass is 468 g/mol. The molecule has 2 aromatic carbocycles. The third-order valence-corrected chi connectivity index (χ3v) is 5.76. The van der Waals surface area contributed by atoms with Crippen molar-refractivity contribution in [3.8, 4) is 22.9 Å². The number of methoxy groups -OCH3 is 1. The highest BCUT2D eigenvalue weighted by molar-refractivity contribution is 7.80. The molecule has 0 spiro atoms. The van der Waals surface area contributed by atoms with Crippen LogP contribution in [0.1, 0.15) is 24.4 Å². The normalized spacial score (nSPS) is 16.2. The third-order valence-electron chi connectivity index (χ3n) is 5.18. The molecule has 2 N–H and O–H groups in total. The third kappa shape index (κ3) is 4.06. The summed E-state index contributed by atoms with van der Waals surface area (Å²) in [6.07, 6.45) is 1.76. The van der Waals surface area contributed by atoms with E-state index >= 15 is 0 Å². The molecule has 0 fully saturated rings. The molecule has 1 aromatic heterocycles. The summed E-state index contributed by atoms with van der Waals surface area (Å²) in [5, 5.41) is 18.9. The van der Waals surface area contributed by atoms with Crippen molar-refractivity contribution in [2.24, 2.45) is 0 Å². The molecule has 1 atom stereocenters. The van der Waals surface area contributed by atoms with Gasteiger partial charge in [0.05, 0.1) is 18.7 Å². The minimum absolute atomic E-state index is 0.0217. The molecular weight excluding hydrogens is 448 g/mol. The van der Waals surface area contributed by atoms with E-state index in [2.05, 4.69) is 22.0 Å². The topological polar surface area (TPSA) is 83.7 Å². The largest absolute Gasteiger partial charge is 0.504 e. The van der Waals surface area contributed by atoms with Crippen LogP contribution in [0.25, 0.3) is 17.0 Å². The van der Waals surface area contributed by atoms with Gasteiger partial charge in [-0.05, 0) is 49.0 Å². The van der Waals surface area contributed by atoms with Crippen LogP contribution in [0.2, 0.25) is 5.02 Å². The van der Waals surface area contributed by atoms with Crippen LogP contribution in [-0.2, 0) is 0 Å². The van der Waals surface area contributed by atoms with Crippen LogP contribution in [-0.4, -0.2) is 38.9 Å². The molecule has 0 bridgehead atoms. The average molecular weight is 469 g/mol. The van der Waals surface area contributed by atoms with Crippen LogP contribution in [0.15, 0.2) is 65.3 Å². The SMILES string of the molecule is C=CCN1C(=S)NC(c2ccc(OC)c(O)c2)C(c2nc(-c3cccc(Cl)c3)no2)=C1C. The minimum Gasteiger partial charge on any atom is -0.504 e. The van der Waals surface area contributed by atoms with Gasteiger partial charge in [0.2, 0.25) is 5.82 Å². The van der Waals surface area contributed by atoms with Gasteiger partial charge in [0.15, 0.2) is 16.6 Å². The predicted molar refractivity (Wildman–Crippen MR) is 127 cm³/mol. The molecule has 9 heteroatoms. The zero-order valence-corrected chi connectivity index (χ0v) is 19.1. The quantitative estimate of drug-likeness (QED) is 0.388. The van der Waals surface area contributed by atoms with E-state index < -0.39 is 6.04 Å². The number of phenolic OH excluding ortho intramolecular Hbond substituents is 1. The lowest BCUT2D eigenvalue weighted by atomic mass is 9.94. The highest BCUT2D eigenvalue weighted by Crippen LogP contribution is 2.39. The molecule has 0 radical (unpaired) electrons. The second kappa shape index (κ2) is 9.02. The van der Waals surface area contributed by atoms with Crippen LogP contribution >= 0.6 is 23.8 Å². The first-order valence-electron chi connectivity index (χ1n) is 9.79. The van der Waals surface area contributed by atoms with E-state index in [9.17, 15) is 5.11 Å². The van der Waals surface area contributed by atoms with Gasteiger partial charge in [0.1, 0.15) is 0 Å². The van der Waals surface area contributed by atoms with Crippen molar-refractivity contribution in [3.63, 3.8) is 0 Å². The van der Waals surface area contributed by atoms with Crippen LogP contribution in [0.4, 0.5) is 0 Å². The van der Waals surface area contributed by atoms with Crippen LogP contribution < -0.4 is 10.1 Å². The molecule has 0 amide bonds. The van der Waals surface area contributed by atoms with Crippen molar-refractivity contribution < 1.29 is 14.4 Å². The van der Waals surface area contributed by atoms with Gasteiger partial charge in [0, 0.05) is 22.8 Å². The van der Waals surface area contributed by atoms with Crippen molar-refractivity contribution >= 4 is 34.5 Å². The van der Waals surface area contributed by atoms with E-state index in [4.69, 9.17) is 33.1 Å². The lowest BCUT2D eigenvalue weighted by Gasteiger charge is -2.36. The van der Waals surface area contributed by atoms with E-state index in [1.54, 1.807) is 30.3 Å². The van der Waals surface area contributed by atoms with Crippen molar-refractivity contribution in [3.05, 3.63) is 77.3 Å². The Bertz CT molecular complexity index is 1220. The van der Waals surface area contributed by atoms with E-state index in [0.29, 0.717) is 34.1 Å². The molecule has 2 heterocycles. The number of hydrogen-bond donors (Lipinski definition) is 2. The van der Waals surface area contributed by atoms with Crippen molar-refractivity contribution in [2.75, 3.05) is 13.7 Å². The Balaban J connectivity index is 1.83. The van der Waals surface area contributed by atoms with Gasteiger partial charge in [-0.1, -0.05) is 41.0 Å². The highest BCUT2D eigenvalue weighted by atomic mass is 35.5. The summed E-state index contributed by atoms with van der Waals surface area (Å²) >= 11 is 11.7. The van der Waals surface area contributed by atoms with Crippen LogP contribution in [0, 0.1) is 0 Å². The van der Waals surface area contributed by atoms with Crippen molar-refractivity contribution in [1.29, 1.82) is 0 Å². The smallest absolute Gasteiger partial charge is 0.258 e. The Labute approximate surface area is 196 Å². The number of benzene rings is 2. The van der Waals surface area contributed by atoms with E-state index in [1.807, 2.05) is 30.0 Å². The predicted octanol–water partition coefficient (Wildman–Crippen LogP) is 4.95. The zero-order chi connectivity index (χ0) is 22.8. The molecule has 1 aliphatic heterocycles. The molecule has 1 unspecified atom stereocenters. The molecule has 3 aromatic rings. The lowest BCUT2D eigenvalue weighted by molar-refractivity contribution is 0.372. The van der Waals surface area contributed by atoms with E-state index in [0.717, 1.165) is 22.4 Å². The maximum absolute atomic E-state index is 10.3. The van der Waals surface area contributed by atoms with Gasteiger partial charge in [-0.25, -0.2) is 0 Å². The number of rotatable bonds is 6. The molecule has 32 heavy (non-hydrogen) atoms. The lowest BCUT2D eigenvalue weighted by Crippen LogP contribution is -2.45. The maximum atomic E-state index is 10.3. The summed E-state index contributed by atoms with van der Waals surface area (Å²) in [6.45, 7) is 6.27. The fourth-order valence-corrected chi connectivity index (χ4v) is 4.14. The first kappa shape index (κ1) is 21.9. The molecule has 0 aliphatic carbocycles. The maximum Gasteiger partial charge on any atom is 0.258 e. The Morgan fingerprint density at radius 2 is 2.16 bits per heavy atom. The molecule has 164 valence electrons. The minimum atomic E-state index is -0.423. The summed E-state index contributed by atoms with van der Waals surface area (Å²) < 4.78 is 10.8. The van der Waals surface area contributed by atoms with Gasteiger partial charge >= 0.3 is 0 Å². The summed E-state index contributed by atoms with van der Waals surface area (Å²) in [5.41, 5.74) is 3.09. The van der Waals surface area contributed by atoms with E-state index in [1.165, 1.54) is 7.11 Å². The number of phenols is 1. The second-order valence-corrected chi connectivity index (χ2v) is 7.97. The number of hydrogen-bond acceptors (Lipinski definition) is 6. The number of aromatic nitrogens is 2. The Hall–Kier alpha value is -3.36. The summed E-state index contributed by atoms with van der Waals surface area (Å²) in [4.78, 5) is 6.53. The number of halogens is 1. The Morgan fingerprint density at radius 1 is 1.34 bits per heavy atom.